The van der Waals surface area contributed by atoms with Crippen molar-refractivity contribution in [1.29, 1.82) is 0 Å². The number of rotatable bonds is 3. The Balaban J connectivity index is 1.68. The van der Waals surface area contributed by atoms with E-state index in [2.05, 4.69) is 5.32 Å². The molecule has 1 N–H and O–H groups in total. The summed E-state index contributed by atoms with van der Waals surface area (Å²) in [6.07, 6.45) is -2.08. The van der Waals surface area contributed by atoms with Crippen LogP contribution in [0, 0.1) is 5.92 Å². The molecule has 2 amide bonds. The summed E-state index contributed by atoms with van der Waals surface area (Å²) < 4.78 is 43.9. The van der Waals surface area contributed by atoms with Gasteiger partial charge in [-0.1, -0.05) is 11.6 Å². The molecule has 1 aliphatic heterocycles. The van der Waals surface area contributed by atoms with Gasteiger partial charge < -0.3 is 14.6 Å². The maximum absolute atomic E-state index is 12.9. The largest absolute Gasteiger partial charge is 0.459 e. The van der Waals surface area contributed by atoms with Gasteiger partial charge in [-0.25, -0.2) is 0 Å². The third kappa shape index (κ3) is 4.44. The lowest BCUT2D eigenvalue weighted by atomic mass is 9.96. The van der Waals surface area contributed by atoms with E-state index < -0.39 is 28.6 Å². The van der Waals surface area contributed by atoms with Crippen molar-refractivity contribution in [2.45, 2.75) is 19.0 Å². The minimum atomic E-state index is -4.62. The van der Waals surface area contributed by atoms with Crippen molar-refractivity contribution in [1.82, 2.24) is 4.90 Å². The van der Waals surface area contributed by atoms with Gasteiger partial charge in [0.15, 0.2) is 5.76 Å². The zero-order valence-electron chi connectivity index (χ0n) is 14.1. The van der Waals surface area contributed by atoms with Gasteiger partial charge >= 0.3 is 6.18 Å². The molecule has 0 spiro atoms. The molecule has 144 valence electrons. The summed E-state index contributed by atoms with van der Waals surface area (Å²) in [5, 5.41) is 2.05. The van der Waals surface area contributed by atoms with E-state index in [1.807, 2.05) is 0 Å². The molecule has 0 aliphatic carbocycles. The summed E-state index contributed by atoms with van der Waals surface area (Å²) in [6, 6.07) is 6.34. The average Bonchev–Trinajstić information content (AvgIpc) is 3.16. The van der Waals surface area contributed by atoms with Crippen molar-refractivity contribution in [2.24, 2.45) is 5.92 Å². The summed E-state index contributed by atoms with van der Waals surface area (Å²) >= 11 is 5.58. The highest BCUT2D eigenvalue weighted by atomic mass is 35.5. The quantitative estimate of drug-likeness (QED) is 0.828. The number of furan rings is 1. The number of nitrogens with one attached hydrogen (secondary N) is 1. The van der Waals surface area contributed by atoms with Crippen molar-refractivity contribution in [2.75, 3.05) is 18.4 Å². The van der Waals surface area contributed by atoms with Crippen LogP contribution in [-0.4, -0.2) is 29.8 Å². The normalized spacial score (nSPS) is 17.6. The molecule has 2 aromatic rings. The number of carbonyl (C=O) groups is 2. The fourth-order valence-electron chi connectivity index (χ4n) is 3.00. The lowest BCUT2D eigenvalue weighted by molar-refractivity contribution is -0.137. The maximum Gasteiger partial charge on any atom is 0.417 e. The number of likely N-dealkylation sites (tertiary alicyclic amines) is 1. The van der Waals surface area contributed by atoms with Crippen LogP contribution in [0.15, 0.2) is 41.0 Å². The SMILES string of the molecule is O=C(Nc1ccc(Cl)c(C(F)(F)F)c1)C1CCCN(C(=O)c2ccco2)C1. The topological polar surface area (TPSA) is 62.6 Å². The fraction of sp³-hybridized carbons (Fsp3) is 0.333. The summed E-state index contributed by atoms with van der Waals surface area (Å²) in [7, 11) is 0. The molecule has 1 atom stereocenters. The van der Waals surface area contributed by atoms with Crippen LogP contribution in [0.5, 0.6) is 0 Å². The maximum atomic E-state index is 12.9. The fourth-order valence-corrected chi connectivity index (χ4v) is 3.22. The van der Waals surface area contributed by atoms with Crippen molar-refractivity contribution < 1.29 is 27.2 Å². The Morgan fingerprint density at radius 1 is 1.26 bits per heavy atom. The highest BCUT2D eigenvalue weighted by Crippen LogP contribution is 2.36. The van der Waals surface area contributed by atoms with Crippen molar-refractivity contribution in [3.8, 4) is 0 Å². The predicted octanol–water partition coefficient (Wildman–Crippen LogP) is 4.44. The summed E-state index contributed by atoms with van der Waals surface area (Å²) in [4.78, 5) is 26.3. The van der Waals surface area contributed by atoms with E-state index in [9.17, 15) is 22.8 Å². The molecule has 9 heteroatoms. The van der Waals surface area contributed by atoms with Crippen LogP contribution in [0.3, 0.4) is 0 Å². The molecule has 3 rings (SSSR count). The van der Waals surface area contributed by atoms with Crippen molar-refractivity contribution >= 4 is 29.1 Å². The van der Waals surface area contributed by atoms with E-state index in [-0.39, 0.29) is 23.9 Å². The predicted molar refractivity (Wildman–Crippen MR) is 92.4 cm³/mol. The van der Waals surface area contributed by atoms with Crippen LogP contribution in [0.4, 0.5) is 18.9 Å². The zero-order chi connectivity index (χ0) is 19.6. The van der Waals surface area contributed by atoms with Gasteiger partial charge in [0.05, 0.1) is 22.8 Å². The first-order valence-electron chi connectivity index (χ1n) is 8.26. The van der Waals surface area contributed by atoms with Crippen LogP contribution in [-0.2, 0) is 11.0 Å². The van der Waals surface area contributed by atoms with Crippen LogP contribution in [0.25, 0.3) is 0 Å². The van der Waals surface area contributed by atoms with Gasteiger partial charge in [-0.3, -0.25) is 9.59 Å². The number of carbonyl (C=O) groups excluding carboxylic acids is 2. The second-order valence-electron chi connectivity index (χ2n) is 6.25. The van der Waals surface area contributed by atoms with Crippen molar-refractivity contribution in [3.05, 3.63) is 52.9 Å². The minimum absolute atomic E-state index is 0.00575. The van der Waals surface area contributed by atoms with Crippen LogP contribution < -0.4 is 5.32 Å². The molecule has 2 heterocycles. The lowest BCUT2D eigenvalue weighted by Crippen LogP contribution is -2.43. The molecule has 27 heavy (non-hydrogen) atoms. The number of alkyl halides is 3. The Hall–Kier alpha value is -2.48. The number of hydrogen-bond acceptors (Lipinski definition) is 3. The standard InChI is InChI=1S/C18H16ClF3N2O3/c19-14-6-5-12(9-13(14)18(20,21)22)23-16(25)11-3-1-7-24(10-11)17(26)15-4-2-8-27-15/h2,4-6,8-9,11H,1,3,7,10H2,(H,23,25). The number of piperidine rings is 1. The average molecular weight is 401 g/mol. The monoisotopic (exact) mass is 400 g/mol. The van der Waals surface area contributed by atoms with E-state index in [1.165, 1.54) is 17.2 Å². The molecular weight excluding hydrogens is 385 g/mol. The first kappa shape index (κ1) is 19.3. The van der Waals surface area contributed by atoms with Gasteiger partial charge in [0.25, 0.3) is 5.91 Å². The van der Waals surface area contributed by atoms with Crippen molar-refractivity contribution in [3.63, 3.8) is 0 Å². The first-order valence-corrected chi connectivity index (χ1v) is 8.64. The summed E-state index contributed by atoms with van der Waals surface area (Å²) in [5.41, 5.74) is -1.01. The molecule has 0 bridgehead atoms. The van der Waals surface area contributed by atoms with Gasteiger partial charge in [-0.15, -0.1) is 0 Å². The molecule has 1 aromatic carbocycles. The molecule has 1 fully saturated rings. The van der Waals surface area contributed by atoms with E-state index in [4.69, 9.17) is 16.0 Å². The van der Waals surface area contributed by atoms with Crippen LogP contribution in [0.2, 0.25) is 5.02 Å². The number of amides is 2. The molecule has 1 aromatic heterocycles. The van der Waals surface area contributed by atoms with E-state index in [0.717, 1.165) is 12.1 Å². The van der Waals surface area contributed by atoms with Crippen LogP contribution in [0.1, 0.15) is 29.0 Å². The third-order valence-corrected chi connectivity index (χ3v) is 4.68. The van der Waals surface area contributed by atoms with Crippen LogP contribution >= 0.6 is 11.6 Å². The number of benzene rings is 1. The Bertz CT molecular complexity index is 837. The number of halogens is 4. The van der Waals surface area contributed by atoms with Gasteiger partial charge in [0.2, 0.25) is 5.91 Å². The molecule has 1 unspecified atom stereocenters. The zero-order valence-corrected chi connectivity index (χ0v) is 14.8. The molecule has 1 saturated heterocycles. The third-order valence-electron chi connectivity index (χ3n) is 4.35. The van der Waals surface area contributed by atoms with E-state index >= 15 is 0 Å². The highest BCUT2D eigenvalue weighted by molar-refractivity contribution is 6.31. The Morgan fingerprint density at radius 3 is 2.70 bits per heavy atom. The number of nitrogens with zero attached hydrogens (tertiary/aromatic N) is 1. The second-order valence-corrected chi connectivity index (χ2v) is 6.66. The smallest absolute Gasteiger partial charge is 0.417 e. The Labute approximate surface area is 158 Å². The molecule has 5 nitrogen and oxygen atoms in total. The first-order chi connectivity index (χ1) is 12.8. The lowest BCUT2D eigenvalue weighted by Gasteiger charge is -2.31. The second kappa shape index (κ2) is 7.64. The Morgan fingerprint density at radius 2 is 2.04 bits per heavy atom. The number of hydrogen-bond donors (Lipinski definition) is 1. The van der Waals surface area contributed by atoms with E-state index in [1.54, 1.807) is 12.1 Å². The molecular formula is C18H16ClF3N2O3. The van der Waals surface area contributed by atoms with Gasteiger partial charge in [-0.2, -0.15) is 13.2 Å². The molecule has 1 aliphatic rings. The van der Waals surface area contributed by atoms with Gasteiger partial charge in [-0.05, 0) is 43.2 Å². The van der Waals surface area contributed by atoms with Gasteiger partial charge in [0.1, 0.15) is 0 Å². The molecule has 0 saturated carbocycles. The Kier molecular flexibility index (Phi) is 5.46. The van der Waals surface area contributed by atoms with Gasteiger partial charge in [0, 0.05) is 18.8 Å². The van der Waals surface area contributed by atoms with E-state index in [0.29, 0.717) is 19.4 Å². The minimum Gasteiger partial charge on any atom is -0.459 e. The highest BCUT2D eigenvalue weighted by Gasteiger charge is 2.34. The molecule has 0 radical (unpaired) electrons. The summed E-state index contributed by atoms with van der Waals surface area (Å²) in [5.74, 6) is -1.10. The summed E-state index contributed by atoms with van der Waals surface area (Å²) in [6.45, 7) is 0.660. The number of anilines is 1.